The van der Waals surface area contributed by atoms with Gasteiger partial charge in [-0.1, -0.05) is 146 Å². The minimum Gasteiger partial charge on any atom is -0.0622 e. The van der Waals surface area contributed by atoms with E-state index in [4.69, 9.17) is 0 Å². The molecule has 0 amide bonds. The van der Waals surface area contributed by atoms with E-state index in [1.54, 1.807) is 0 Å². The Morgan fingerprint density at radius 3 is 0.900 bits per heavy atom. The van der Waals surface area contributed by atoms with Gasteiger partial charge in [0.1, 0.15) is 0 Å². The second-order valence-electron chi connectivity index (χ2n) is 10.3. The van der Waals surface area contributed by atoms with Crippen molar-refractivity contribution in [3.05, 3.63) is 178 Å². The van der Waals surface area contributed by atoms with Crippen LogP contribution in [0, 0.1) is 0 Å². The third-order valence-corrected chi connectivity index (χ3v) is 13.0. The van der Waals surface area contributed by atoms with Crippen LogP contribution in [-0.4, -0.2) is 0 Å². The van der Waals surface area contributed by atoms with Crippen molar-refractivity contribution in [3.8, 4) is 0 Å². The van der Waals surface area contributed by atoms with E-state index in [1.165, 1.54) is 54.1 Å². The molecule has 2 heteroatoms. The summed E-state index contributed by atoms with van der Waals surface area (Å²) in [6.07, 6.45) is 1.97. The summed E-state index contributed by atoms with van der Waals surface area (Å²) < 4.78 is 0. The fourth-order valence-electron chi connectivity index (χ4n) is 5.84. The van der Waals surface area contributed by atoms with Gasteiger partial charge in [0, 0.05) is 0 Å². The molecule has 0 nitrogen and oxygen atoms in total. The van der Waals surface area contributed by atoms with Crippen LogP contribution in [0.15, 0.2) is 167 Å². The summed E-state index contributed by atoms with van der Waals surface area (Å²) >= 11 is 0. The quantitative estimate of drug-likeness (QED) is 0.185. The normalized spacial score (nSPS) is 15.6. The lowest BCUT2D eigenvalue weighted by Gasteiger charge is -2.32. The highest BCUT2D eigenvalue weighted by Crippen LogP contribution is 2.52. The van der Waals surface area contributed by atoms with Crippen molar-refractivity contribution in [1.29, 1.82) is 0 Å². The van der Waals surface area contributed by atoms with E-state index >= 15 is 0 Å². The predicted molar refractivity (Wildman–Crippen MR) is 177 cm³/mol. The van der Waals surface area contributed by atoms with Crippen LogP contribution in [0.5, 0.6) is 0 Å². The molecule has 1 aliphatic carbocycles. The summed E-state index contributed by atoms with van der Waals surface area (Å²) in [6, 6.07) is 53.6. The minimum atomic E-state index is -0.651. The summed E-state index contributed by atoms with van der Waals surface area (Å²) in [7, 11) is -1.30. The van der Waals surface area contributed by atoms with Gasteiger partial charge in [-0.05, 0) is 96.7 Å². The fourth-order valence-corrected chi connectivity index (χ4v) is 10.8. The smallest absolute Gasteiger partial charge is 0.00167 e. The number of benzene rings is 5. The van der Waals surface area contributed by atoms with Crippen molar-refractivity contribution < 1.29 is 0 Å². The molecule has 0 aliphatic heterocycles. The predicted octanol–water partition coefficient (Wildman–Crippen LogP) is 8.60. The van der Waals surface area contributed by atoms with Crippen LogP contribution in [0.1, 0.15) is 25.0 Å². The number of hydrogen-bond acceptors (Lipinski definition) is 0. The van der Waals surface area contributed by atoms with Crippen LogP contribution in [0.3, 0.4) is 0 Å². The highest BCUT2D eigenvalue weighted by Gasteiger charge is 2.28. The second kappa shape index (κ2) is 12.3. The van der Waals surface area contributed by atoms with Gasteiger partial charge in [-0.15, -0.1) is 0 Å². The standard InChI is InChI=1S/C38H34P2/c1-29(39(33-19-7-3-8-20-33)34-21-9-4-10-22-34)37-27-31-17-15-16-18-32(31)28-38(37)30(2)40(35-23-11-5-12-24-35)36-25-13-6-14-26-36/h3-26H,27-28H2,1-2H3/b37-29-,38-30-. The molecule has 0 saturated heterocycles. The average molecular weight is 553 g/mol. The van der Waals surface area contributed by atoms with Crippen LogP contribution in [0.25, 0.3) is 0 Å². The van der Waals surface area contributed by atoms with Crippen molar-refractivity contribution in [3.63, 3.8) is 0 Å². The molecule has 0 atom stereocenters. The zero-order chi connectivity index (χ0) is 27.3. The average Bonchev–Trinajstić information content (AvgIpc) is 3.02. The van der Waals surface area contributed by atoms with Crippen LogP contribution in [-0.2, 0) is 12.8 Å². The number of rotatable bonds is 6. The van der Waals surface area contributed by atoms with Crippen molar-refractivity contribution in [2.45, 2.75) is 26.7 Å². The summed E-state index contributed by atoms with van der Waals surface area (Å²) in [4.78, 5) is 0. The molecule has 0 heterocycles. The molecular formula is C38H34P2. The van der Waals surface area contributed by atoms with E-state index in [0.717, 1.165) is 12.8 Å². The molecule has 0 saturated carbocycles. The minimum absolute atomic E-state index is 0.651. The maximum Gasteiger partial charge on any atom is -0.00167 e. The first-order valence-corrected chi connectivity index (χ1v) is 16.7. The van der Waals surface area contributed by atoms with Gasteiger partial charge < -0.3 is 0 Å². The summed E-state index contributed by atoms with van der Waals surface area (Å²) in [5.74, 6) is 0. The molecule has 5 aromatic rings. The van der Waals surface area contributed by atoms with Crippen molar-refractivity contribution in [2.24, 2.45) is 0 Å². The second-order valence-corrected chi connectivity index (χ2v) is 15.0. The van der Waals surface area contributed by atoms with Gasteiger partial charge in [0.05, 0.1) is 0 Å². The molecule has 0 unspecified atom stereocenters. The number of fused-ring (bicyclic) bond motifs is 1. The third kappa shape index (κ3) is 5.53. The van der Waals surface area contributed by atoms with Crippen LogP contribution in [0.2, 0.25) is 0 Å². The Hall–Kier alpha value is -3.56. The van der Waals surface area contributed by atoms with Crippen LogP contribution in [0.4, 0.5) is 0 Å². The van der Waals surface area contributed by atoms with Gasteiger partial charge in [0.15, 0.2) is 0 Å². The Morgan fingerprint density at radius 1 is 0.375 bits per heavy atom. The Kier molecular flexibility index (Phi) is 8.20. The zero-order valence-corrected chi connectivity index (χ0v) is 25.0. The van der Waals surface area contributed by atoms with E-state index in [2.05, 4.69) is 159 Å². The molecule has 1 aliphatic rings. The van der Waals surface area contributed by atoms with E-state index < -0.39 is 15.8 Å². The summed E-state index contributed by atoms with van der Waals surface area (Å²) in [6.45, 7) is 4.82. The van der Waals surface area contributed by atoms with Gasteiger partial charge in [-0.3, -0.25) is 0 Å². The molecule has 196 valence electrons. The lowest BCUT2D eigenvalue weighted by molar-refractivity contribution is 0.968. The maximum absolute atomic E-state index is 2.41. The molecule has 0 N–H and O–H groups in total. The first kappa shape index (κ1) is 26.7. The zero-order valence-electron chi connectivity index (χ0n) is 23.2. The monoisotopic (exact) mass is 552 g/mol. The molecule has 6 rings (SSSR count). The SMILES string of the molecule is C/C(=C1\Cc2ccccc2C\C1=C(/C)P(c1ccccc1)c1ccccc1)P(c1ccccc1)c1ccccc1. The van der Waals surface area contributed by atoms with Crippen LogP contribution >= 0.6 is 15.8 Å². The molecule has 0 radical (unpaired) electrons. The van der Waals surface area contributed by atoms with Crippen molar-refractivity contribution in [2.75, 3.05) is 0 Å². The number of hydrogen-bond donors (Lipinski definition) is 0. The Bertz CT molecular complexity index is 1430. The van der Waals surface area contributed by atoms with E-state index in [0.29, 0.717) is 0 Å². The maximum atomic E-state index is 2.41. The van der Waals surface area contributed by atoms with E-state index in [9.17, 15) is 0 Å². The highest BCUT2D eigenvalue weighted by atomic mass is 31.1. The van der Waals surface area contributed by atoms with E-state index in [-0.39, 0.29) is 0 Å². The van der Waals surface area contributed by atoms with Crippen molar-refractivity contribution in [1.82, 2.24) is 0 Å². The van der Waals surface area contributed by atoms with Gasteiger partial charge in [-0.2, -0.15) is 0 Å². The molecule has 40 heavy (non-hydrogen) atoms. The third-order valence-electron chi connectivity index (χ3n) is 7.82. The molecule has 5 aromatic carbocycles. The fraction of sp³-hybridized carbons (Fsp3) is 0.105. The molecule has 0 bridgehead atoms. The first-order chi connectivity index (χ1) is 19.7. The molecule has 0 aromatic heterocycles. The lowest BCUT2D eigenvalue weighted by atomic mass is 9.84. The Labute approximate surface area is 241 Å². The number of allylic oxidation sites excluding steroid dienone is 4. The lowest BCUT2D eigenvalue weighted by Crippen LogP contribution is -2.19. The molecular weight excluding hydrogens is 518 g/mol. The Balaban J connectivity index is 1.60. The van der Waals surface area contributed by atoms with Crippen molar-refractivity contribution >= 4 is 37.1 Å². The van der Waals surface area contributed by atoms with Gasteiger partial charge in [0.2, 0.25) is 0 Å². The molecule has 0 spiro atoms. The topological polar surface area (TPSA) is 0 Å². The van der Waals surface area contributed by atoms with Gasteiger partial charge in [0.25, 0.3) is 0 Å². The molecule has 0 fully saturated rings. The Morgan fingerprint density at radius 2 is 0.625 bits per heavy atom. The van der Waals surface area contributed by atoms with Gasteiger partial charge >= 0.3 is 0 Å². The first-order valence-electron chi connectivity index (χ1n) is 14.0. The summed E-state index contributed by atoms with van der Waals surface area (Å²) in [5, 5.41) is 8.70. The largest absolute Gasteiger partial charge is 0.0622 e. The van der Waals surface area contributed by atoms with Gasteiger partial charge in [-0.25, -0.2) is 0 Å². The van der Waals surface area contributed by atoms with Crippen LogP contribution < -0.4 is 21.2 Å². The highest BCUT2D eigenvalue weighted by molar-refractivity contribution is 7.77. The van der Waals surface area contributed by atoms with E-state index in [1.807, 2.05) is 0 Å². The summed E-state index contributed by atoms with van der Waals surface area (Å²) in [5.41, 5.74) is 6.00.